The van der Waals surface area contributed by atoms with E-state index in [-0.39, 0.29) is 22.4 Å². The maximum absolute atomic E-state index is 14.0. The highest BCUT2D eigenvalue weighted by Crippen LogP contribution is 2.33. The first kappa shape index (κ1) is 32.7. The van der Waals surface area contributed by atoms with Gasteiger partial charge in [0.25, 0.3) is 5.69 Å². The summed E-state index contributed by atoms with van der Waals surface area (Å²) in [4.78, 5) is 28.3. The zero-order valence-corrected chi connectivity index (χ0v) is 26.8. The Balaban J connectivity index is 1.64. The number of carbonyl (C=O) groups excluding carboxylic acids is 1. The van der Waals surface area contributed by atoms with Crippen LogP contribution >= 0.6 is 22.9 Å². The smallest absolute Gasteiger partial charge is 0.289 e. The van der Waals surface area contributed by atoms with Crippen LogP contribution in [0.15, 0.2) is 53.4 Å². The van der Waals surface area contributed by atoms with Gasteiger partial charge in [-0.2, -0.15) is 4.31 Å². The van der Waals surface area contributed by atoms with E-state index in [4.69, 9.17) is 21.1 Å². The van der Waals surface area contributed by atoms with Crippen molar-refractivity contribution in [3.05, 3.63) is 79.0 Å². The lowest BCUT2D eigenvalue weighted by molar-refractivity contribution is -0.384. The van der Waals surface area contributed by atoms with E-state index in [0.29, 0.717) is 43.9 Å². The summed E-state index contributed by atoms with van der Waals surface area (Å²) in [6.45, 7) is 2.29. The van der Waals surface area contributed by atoms with Gasteiger partial charge < -0.3 is 14.4 Å². The van der Waals surface area contributed by atoms with Crippen molar-refractivity contribution in [2.45, 2.75) is 62.9 Å². The number of sulfonamides is 1. The summed E-state index contributed by atoms with van der Waals surface area (Å²) in [5, 5.41) is 11.4. The molecule has 1 aliphatic carbocycles. The Labute approximate surface area is 261 Å². The highest BCUT2D eigenvalue weighted by Gasteiger charge is 2.36. The Hall–Kier alpha value is -3.19. The minimum atomic E-state index is -4.26. The van der Waals surface area contributed by atoms with Crippen LogP contribution in [0, 0.1) is 17.0 Å². The molecule has 43 heavy (non-hydrogen) atoms. The van der Waals surface area contributed by atoms with Gasteiger partial charge in [0.05, 0.1) is 37.1 Å². The lowest BCUT2D eigenvalue weighted by atomic mass is 9.95. The van der Waals surface area contributed by atoms with Gasteiger partial charge in [0.15, 0.2) is 11.5 Å². The number of nitro benzene ring substituents is 1. The Morgan fingerprint density at radius 3 is 2.40 bits per heavy atom. The van der Waals surface area contributed by atoms with E-state index >= 15 is 0 Å². The number of rotatable bonds is 13. The van der Waals surface area contributed by atoms with Crippen molar-refractivity contribution in [1.82, 2.24) is 9.21 Å². The highest BCUT2D eigenvalue weighted by molar-refractivity contribution is 7.89. The van der Waals surface area contributed by atoms with Crippen molar-refractivity contribution in [2.24, 2.45) is 0 Å². The summed E-state index contributed by atoms with van der Waals surface area (Å²) >= 11 is 7.55. The molecule has 0 unspecified atom stereocenters. The zero-order chi connectivity index (χ0) is 31.1. The third-order valence-corrected chi connectivity index (χ3v) is 10.8. The Morgan fingerprint density at radius 1 is 1.05 bits per heavy atom. The molecule has 0 N–H and O–H groups in total. The van der Waals surface area contributed by atoms with E-state index in [2.05, 4.69) is 0 Å². The van der Waals surface area contributed by atoms with Gasteiger partial charge in [0.1, 0.15) is 5.02 Å². The van der Waals surface area contributed by atoms with Crippen LogP contribution in [0.1, 0.15) is 47.4 Å². The number of methoxy groups -OCH3 is 2. The summed E-state index contributed by atoms with van der Waals surface area (Å²) in [6.07, 6.45) is 4.39. The lowest BCUT2D eigenvalue weighted by Crippen LogP contribution is -2.48. The van der Waals surface area contributed by atoms with Gasteiger partial charge in [-0.3, -0.25) is 14.9 Å². The number of aryl methyl sites for hydroxylation is 1. The van der Waals surface area contributed by atoms with E-state index in [1.165, 1.54) is 16.4 Å². The first-order valence-electron chi connectivity index (χ1n) is 14.0. The maximum Gasteiger partial charge on any atom is 0.289 e. The fourth-order valence-electron chi connectivity index (χ4n) is 5.29. The molecule has 1 saturated carbocycles. The van der Waals surface area contributed by atoms with Crippen LogP contribution in [0.3, 0.4) is 0 Å². The Bertz CT molecular complexity index is 1550. The number of halogens is 1. The molecular weight excluding hydrogens is 614 g/mol. The summed E-state index contributed by atoms with van der Waals surface area (Å²) in [6, 6.07) is 12.6. The molecule has 1 heterocycles. The lowest BCUT2D eigenvalue weighted by Gasteiger charge is -2.34. The normalized spacial score (nSPS) is 14.1. The van der Waals surface area contributed by atoms with Gasteiger partial charge in [-0.15, -0.1) is 11.3 Å². The topological polar surface area (TPSA) is 119 Å². The van der Waals surface area contributed by atoms with E-state index in [0.717, 1.165) is 40.6 Å². The van der Waals surface area contributed by atoms with Crippen LogP contribution in [-0.4, -0.2) is 61.8 Å². The minimum Gasteiger partial charge on any atom is -0.493 e. The monoisotopic (exact) mass is 649 g/mol. The van der Waals surface area contributed by atoms with Crippen molar-refractivity contribution < 1.29 is 27.6 Å². The largest absolute Gasteiger partial charge is 0.493 e. The maximum atomic E-state index is 14.0. The number of nitrogens with zero attached hydrogens (tertiary/aromatic N) is 3. The molecule has 232 valence electrons. The fraction of sp³-hybridized carbons (Fsp3) is 0.433. The van der Waals surface area contributed by atoms with E-state index < -0.39 is 26.7 Å². The molecule has 0 aliphatic heterocycles. The number of ether oxygens (including phenoxy) is 2. The average Bonchev–Trinajstić information content (AvgIpc) is 3.42. The fourth-order valence-corrected chi connectivity index (χ4v) is 8.04. The highest BCUT2D eigenvalue weighted by atomic mass is 35.5. The summed E-state index contributed by atoms with van der Waals surface area (Å²) < 4.78 is 40.0. The second-order valence-electron chi connectivity index (χ2n) is 10.5. The SMILES string of the molecule is COc1ccc(CCN(Cc2ccc(C)s2)C(=O)CN(C2CCCCC2)S(=O)(=O)c2ccc(Cl)c([N+](=O)[O-])c2)cc1OC. The molecule has 0 spiro atoms. The number of amides is 1. The second kappa shape index (κ2) is 14.5. The van der Waals surface area contributed by atoms with Crippen molar-refractivity contribution >= 4 is 44.6 Å². The zero-order valence-electron chi connectivity index (χ0n) is 24.5. The summed E-state index contributed by atoms with van der Waals surface area (Å²) in [5.74, 6) is 0.839. The summed E-state index contributed by atoms with van der Waals surface area (Å²) in [7, 11) is -1.13. The number of nitro groups is 1. The van der Waals surface area contributed by atoms with Crippen molar-refractivity contribution in [2.75, 3.05) is 27.3 Å². The predicted molar refractivity (Wildman–Crippen MR) is 167 cm³/mol. The Kier molecular flexibility index (Phi) is 11.0. The van der Waals surface area contributed by atoms with Crippen LogP contribution < -0.4 is 9.47 Å². The minimum absolute atomic E-state index is 0.156. The average molecular weight is 650 g/mol. The van der Waals surface area contributed by atoms with Gasteiger partial charge in [0.2, 0.25) is 15.9 Å². The van der Waals surface area contributed by atoms with E-state index in [1.54, 1.807) is 30.5 Å². The first-order valence-corrected chi connectivity index (χ1v) is 16.7. The van der Waals surface area contributed by atoms with Gasteiger partial charge in [0, 0.05) is 28.4 Å². The molecule has 13 heteroatoms. The van der Waals surface area contributed by atoms with Gasteiger partial charge in [-0.25, -0.2) is 8.42 Å². The van der Waals surface area contributed by atoms with Crippen LogP contribution in [-0.2, 0) is 27.8 Å². The van der Waals surface area contributed by atoms with Crippen LogP contribution in [0.4, 0.5) is 5.69 Å². The molecule has 1 aliphatic rings. The van der Waals surface area contributed by atoms with E-state index in [1.807, 2.05) is 37.3 Å². The van der Waals surface area contributed by atoms with Gasteiger partial charge in [-0.1, -0.05) is 36.9 Å². The predicted octanol–water partition coefficient (Wildman–Crippen LogP) is 6.23. The van der Waals surface area contributed by atoms with Gasteiger partial charge >= 0.3 is 0 Å². The molecule has 1 fully saturated rings. The summed E-state index contributed by atoms with van der Waals surface area (Å²) in [5.41, 5.74) is 0.435. The third-order valence-electron chi connectivity index (χ3n) is 7.61. The van der Waals surface area contributed by atoms with E-state index in [9.17, 15) is 23.3 Å². The quantitative estimate of drug-likeness (QED) is 0.159. The molecule has 0 saturated heterocycles. The van der Waals surface area contributed by atoms with Crippen LogP contribution in [0.2, 0.25) is 5.02 Å². The van der Waals surface area contributed by atoms with Gasteiger partial charge in [-0.05, 0) is 68.1 Å². The molecule has 10 nitrogen and oxygen atoms in total. The standard InChI is InChI=1S/C30H36ClN3O7S2/c1-21-9-11-24(42-21)19-32(16-15-22-10-14-28(40-2)29(17-22)41-3)30(35)20-33(23-7-5-4-6-8-23)43(38,39)25-12-13-26(31)27(18-25)34(36)37/h9-14,17-18,23H,4-8,15-16,19-20H2,1-3H3. The molecule has 4 rings (SSSR count). The molecule has 0 bridgehead atoms. The number of thiophene rings is 1. The number of hydrogen-bond donors (Lipinski definition) is 0. The molecule has 3 aromatic rings. The molecular formula is C30H36ClN3O7S2. The third kappa shape index (κ3) is 8.05. The van der Waals surface area contributed by atoms with Crippen molar-refractivity contribution in [3.8, 4) is 11.5 Å². The van der Waals surface area contributed by atoms with Crippen LogP contribution in [0.5, 0.6) is 11.5 Å². The number of benzene rings is 2. The first-order chi connectivity index (χ1) is 20.5. The molecule has 0 atom stereocenters. The van der Waals surface area contributed by atoms with Crippen molar-refractivity contribution in [1.29, 1.82) is 0 Å². The van der Waals surface area contributed by atoms with Crippen LogP contribution in [0.25, 0.3) is 0 Å². The molecule has 1 aromatic heterocycles. The Morgan fingerprint density at radius 2 is 1.77 bits per heavy atom. The second-order valence-corrected chi connectivity index (χ2v) is 14.1. The van der Waals surface area contributed by atoms with Crippen molar-refractivity contribution in [3.63, 3.8) is 0 Å². The molecule has 2 aromatic carbocycles. The molecule has 1 amide bonds. The number of hydrogen-bond acceptors (Lipinski definition) is 8. The number of carbonyl (C=O) groups is 1. The molecule has 0 radical (unpaired) electrons.